The molecule has 0 aliphatic carbocycles. The lowest BCUT2D eigenvalue weighted by Crippen LogP contribution is -2.15. The molecule has 3 nitrogen and oxygen atoms in total. The number of hydrogen-bond acceptors (Lipinski definition) is 4. The number of esters is 1. The summed E-state index contributed by atoms with van der Waals surface area (Å²) in [4.78, 5) is 26.0. The largest absolute Gasteiger partial charge is 0.466 e. The van der Waals surface area contributed by atoms with Gasteiger partial charge >= 0.3 is 5.97 Å². The number of thioether (sulfide) groups is 1. The van der Waals surface area contributed by atoms with Crippen molar-refractivity contribution in [2.24, 2.45) is 0 Å². The fourth-order valence-corrected chi connectivity index (χ4v) is 4.09. The van der Waals surface area contributed by atoms with E-state index in [4.69, 9.17) is 4.74 Å². The van der Waals surface area contributed by atoms with E-state index in [-0.39, 0.29) is 22.9 Å². The maximum absolute atomic E-state index is 12.9. The van der Waals surface area contributed by atoms with Crippen molar-refractivity contribution in [3.8, 4) is 0 Å². The second-order valence-electron chi connectivity index (χ2n) is 8.35. The summed E-state index contributed by atoms with van der Waals surface area (Å²) in [5.74, 6) is -0.267. The minimum atomic E-state index is -0.267. The second-order valence-corrected chi connectivity index (χ2v) is 9.33. The Morgan fingerprint density at radius 1 is 1.03 bits per heavy atom. The zero-order valence-electron chi connectivity index (χ0n) is 18.4. The van der Waals surface area contributed by atoms with Crippen LogP contribution in [-0.2, 0) is 27.8 Å². The molecule has 0 saturated heterocycles. The lowest BCUT2D eigenvalue weighted by atomic mass is 9.85. The fraction of sp³-hybridized carbons (Fsp3) is 0.440. The van der Waals surface area contributed by atoms with Gasteiger partial charge in [-0.05, 0) is 59.7 Å². The molecule has 2 rings (SSSR count). The average molecular weight is 413 g/mol. The van der Waals surface area contributed by atoms with Crippen LogP contribution < -0.4 is 0 Å². The van der Waals surface area contributed by atoms with E-state index in [1.54, 1.807) is 6.92 Å². The molecule has 156 valence electrons. The zero-order chi connectivity index (χ0) is 21.6. The minimum absolute atomic E-state index is 0.00948. The van der Waals surface area contributed by atoms with Gasteiger partial charge in [-0.3, -0.25) is 9.59 Å². The Labute approximate surface area is 179 Å². The SMILES string of the molecule is CCCc1ccc(C(=O)Sc2c(C)cc(C(C)(C)C)cc2CC(=O)OCC)cc1. The first-order valence-corrected chi connectivity index (χ1v) is 11.1. The van der Waals surface area contributed by atoms with Gasteiger partial charge in [0, 0.05) is 10.5 Å². The predicted octanol–water partition coefficient (Wildman–Crippen LogP) is 6.28. The molecule has 0 unspecified atom stereocenters. The van der Waals surface area contributed by atoms with E-state index in [1.165, 1.54) is 17.3 Å². The van der Waals surface area contributed by atoms with Crippen LogP contribution in [0.2, 0.25) is 0 Å². The van der Waals surface area contributed by atoms with Gasteiger partial charge in [-0.2, -0.15) is 0 Å². The summed E-state index contributed by atoms with van der Waals surface area (Å²) >= 11 is 1.20. The van der Waals surface area contributed by atoms with Gasteiger partial charge in [-0.1, -0.05) is 70.5 Å². The monoisotopic (exact) mass is 412 g/mol. The lowest BCUT2D eigenvalue weighted by Gasteiger charge is -2.23. The summed E-state index contributed by atoms with van der Waals surface area (Å²) in [6, 6.07) is 12.0. The van der Waals surface area contributed by atoms with Crippen LogP contribution in [0.15, 0.2) is 41.3 Å². The summed E-state index contributed by atoms with van der Waals surface area (Å²) < 4.78 is 5.16. The molecule has 0 aromatic heterocycles. The van der Waals surface area contributed by atoms with Gasteiger partial charge < -0.3 is 4.74 Å². The van der Waals surface area contributed by atoms with E-state index in [0.717, 1.165) is 34.4 Å². The highest BCUT2D eigenvalue weighted by Crippen LogP contribution is 2.34. The molecule has 2 aromatic rings. The Morgan fingerprint density at radius 2 is 1.69 bits per heavy atom. The standard InChI is InChI=1S/C25H32O3S/c1-7-9-18-10-12-19(13-11-18)24(27)29-23-17(3)14-21(25(4,5)6)15-20(23)16-22(26)28-8-2/h10-15H,7-9,16H2,1-6H3. The molecule has 0 heterocycles. The molecular formula is C25H32O3S. The summed E-state index contributed by atoms with van der Waals surface area (Å²) in [6.45, 7) is 12.7. The molecule has 0 radical (unpaired) electrons. The Balaban J connectivity index is 2.36. The number of hydrogen-bond donors (Lipinski definition) is 0. The average Bonchev–Trinajstić information content (AvgIpc) is 2.64. The van der Waals surface area contributed by atoms with Crippen LogP contribution in [0.3, 0.4) is 0 Å². The highest BCUT2D eigenvalue weighted by atomic mass is 32.2. The molecule has 0 fully saturated rings. The fourth-order valence-electron chi connectivity index (χ4n) is 3.17. The molecule has 0 saturated carbocycles. The molecule has 0 N–H and O–H groups in total. The van der Waals surface area contributed by atoms with Crippen molar-refractivity contribution in [2.75, 3.05) is 6.61 Å². The van der Waals surface area contributed by atoms with Crippen molar-refractivity contribution in [1.29, 1.82) is 0 Å². The Bertz CT molecular complexity index is 861. The topological polar surface area (TPSA) is 43.4 Å². The molecular weight excluding hydrogens is 380 g/mol. The first kappa shape index (κ1) is 23.2. The number of carbonyl (C=O) groups excluding carboxylic acids is 2. The van der Waals surface area contributed by atoms with Gasteiger partial charge in [0.25, 0.3) is 0 Å². The Hall–Kier alpha value is -2.07. The van der Waals surface area contributed by atoms with Crippen LogP contribution in [0.25, 0.3) is 0 Å². The number of ether oxygens (including phenoxy) is 1. The summed E-state index contributed by atoms with van der Waals surface area (Å²) in [5, 5.41) is -0.00948. The quantitative estimate of drug-likeness (QED) is 0.396. The molecule has 0 aliphatic heterocycles. The second kappa shape index (κ2) is 10.1. The number of aryl methyl sites for hydroxylation is 2. The number of carbonyl (C=O) groups is 2. The van der Waals surface area contributed by atoms with Crippen molar-refractivity contribution < 1.29 is 14.3 Å². The first-order valence-electron chi connectivity index (χ1n) is 10.3. The van der Waals surface area contributed by atoms with E-state index < -0.39 is 0 Å². The molecule has 0 aliphatic rings. The molecule has 29 heavy (non-hydrogen) atoms. The van der Waals surface area contributed by atoms with E-state index in [1.807, 2.05) is 37.3 Å². The van der Waals surface area contributed by atoms with E-state index >= 15 is 0 Å². The van der Waals surface area contributed by atoms with Crippen molar-refractivity contribution in [2.45, 2.75) is 71.1 Å². The van der Waals surface area contributed by atoms with Gasteiger partial charge in [-0.25, -0.2) is 0 Å². The zero-order valence-corrected chi connectivity index (χ0v) is 19.2. The van der Waals surface area contributed by atoms with Crippen molar-refractivity contribution in [3.05, 3.63) is 64.2 Å². The van der Waals surface area contributed by atoms with Gasteiger partial charge in [0.15, 0.2) is 0 Å². The lowest BCUT2D eigenvalue weighted by molar-refractivity contribution is -0.142. The van der Waals surface area contributed by atoms with Gasteiger partial charge in [0.2, 0.25) is 5.12 Å². The maximum atomic E-state index is 12.9. The minimum Gasteiger partial charge on any atom is -0.466 e. The van der Waals surface area contributed by atoms with Crippen LogP contribution in [0.4, 0.5) is 0 Å². The van der Waals surface area contributed by atoms with Crippen LogP contribution in [0.1, 0.15) is 73.7 Å². The summed E-state index contributed by atoms with van der Waals surface area (Å²) in [6.07, 6.45) is 2.26. The van der Waals surface area contributed by atoms with E-state index in [9.17, 15) is 9.59 Å². The van der Waals surface area contributed by atoms with Crippen molar-refractivity contribution in [1.82, 2.24) is 0 Å². The summed E-state index contributed by atoms with van der Waals surface area (Å²) in [7, 11) is 0. The molecule has 2 aromatic carbocycles. The highest BCUT2D eigenvalue weighted by Gasteiger charge is 2.21. The Kier molecular flexibility index (Phi) is 8.09. The van der Waals surface area contributed by atoms with Crippen LogP contribution in [0.5, 0.6) is 0 Å². The maximum Gasteiger partial charge on any atom is 0.310 e. The number of benzene rings is 2. The Morgan fingerprint density at radius 3 is 2.24 bits per heavy atom. The van der Waals surface area contributed by atoms with Crippen molar-refractivity contribution in [3.63, 3.8) is 0 Å². The number of rotatable bonds is 7. The smallest absolute Gasteiger partial charge is 0.310 e. The van der Waals surface area contributed by atoms with Crippen LogP contribution in [-0.4, -0.2) is 17.7 Å². The van der Waals surface area contributed by atoms with E-state index in [0.29, 0.717) is 12.2 Å². The molecule has 4 heteroatoms. The molecule has 0 atom stereocenters. The first-order chi connectivity index (χ1) is 13.7. The van der Waals surface area contributed by atoms with Crippen LogP contribution in [0, 0.1) is 6.92 Å². The molecule has 0 spiro atoms. The van der Waals surface area contributed by atoms with Crippen LogP contribution >= 0.6 is 11.8 Å². The summed E-state index contributed by atoms with van der Waals surface area (Å²) in [5.41, 5.74) is 4.89. The third-order valence-corrected chi connectivity index (χ3v) is 5.99. The van der Waals surface area contributed by atoms with Gasteiger partial charge in [-0.15, -0.1) is 0 Å². The van der Waals surface area contributed by atoms with Gasteiger partial charge in [0.05, 0.1) is 13.0 Å². The third kappa shape index (κ3) is 6.46. The van der Waals surface area contributed by atoms with Gasteiger partial charge in [0.1, 0.15) is 0 Å². The van der Waals surface area contributed by atoms with E-state index in [2.05, 4.69) is 33.8 Å². The molecule has 0 bridgehead atoms. The third-order valence-electron chi connectivity index (χ3n) is 4.78. The highest BCUT2D eigenvalue weighted by molar-refractivity contribution is 8.14. The predicted molar refractivity (Wildman–Crippen MR) is 121 cm³/mol. The molecule has 0 amide bonds. The van der Waals surface area contributed by atoms with Crippen molar-refractivity contribution >= 4 is 22.8 Å². The normalized spacial score (nSPS) is 11.4.